The number of rotatable bonds is 5. The Hall–Kier alpha value is -1.89. The lowest BCUT2D eigenvalue weighted by Crippen LogP contribution is -2.12. The van der Waals surface area contributed by atoms with Crippen molar-refractivity contribution in [3.8, 4) is 10.4 Å². The molecule has 0 saturated heterocycles. The van der Waals surface area contributed by atoms with Crippen LogP contribution in [0.1, 0.15) is 23.6 Å². The Kier molecular flexibility index (Phi) is 4.74. The zero-order chi connectivity index (χ0) is 17.2. The second-order valence-corrected chi connectivity index (χ2v) is 8.83. The van der Waals surface area contributed by atoms with Crippen molar-refractivity contribution in [1.29, 1.82) is 0 Å². The minimum atomic E-state index is -0.0446. The van der Waals surface area contributed by atoms with Crippen LogP contribution in [-0.4, -0.2) is 9.97 Å². The van der Waals surface area contributed by atoms with E-state index in [1.165, 1.54) is 16.9 Å². The van der Waals surface area contributed by atoms with E-state index in [0.29, 0.717) is 5.39 Å². The minimum absolute atomic E-state index is 0.0446. The lowest BCUT2D eigenvalue weighted by atomic mass is 10.2. The van der Waals surface area contributed by atoms with E-state index in [-0.39, 0.29) is 10.8 Å². The number of hydrogen-bond donors (Lipinski definition) is 1. The molecule has 1 N–H and O–H groups in total. The number of aromatic nitrogens is 2. The van der Waals surface area contributed by atoms with Gasteiger partial charge in [-0.1, -0.05) is 36.4 Å². The van der Waals surface area contributed by atoms with Crippen molar-refractivity contribution in [3.63, 3.8) is 0 Å². The minimum Gasteiger partial charge on any atom is -0.309 e. The molecule has 4 aromatic rings. The number of benzene rings is 1. The number of thioether (sulfide) groups is 1. The number of hydrogen-bond acceptors (Lipinski definition) is 5. The van der Waals surface area contributed by atoms with E-state index in [2.05, 4.69) is 24.0 Å². The van der Waals surface area contributed by atoms with Crippen molar-refractivity contribution in [2.45, 2.75) is 17.9 Å². The van der Waals surface area contributed by atoms with Gasteiger partial charge in [0.15, 0.2) is 0 Å². The van der Waals surface area contributed by atoms with E-state index in [1.54, 1.807) is 23.1 Å². The van der Waals surface area contributed by atoms with Gasteiger partial charge < -0.3 is 4.98 Å². The van der Waals surface area contributed by atoms with Crippen LogP contribution in [0.25, 0.3) is 20.7 Å². The summed E-state index contributed by atoms with van der Waals surface area (Å²) in [5.74, 6) is 1.65. The van der Waals surface area contributed by atoms with Gasteiger partial charge in [0.05, 0.1) is 10.6 Å². The van der Waals surface area contributed by atoms with E-state index in [4.69, 9.17) is 4.98 Å². The number of nitrogens with zero attached hydrogens (tertiary/aromatic N) is 1. The summed E-state index contributed by atoms with van der Waals surface area (Å²) < 4.78 is 0. The standard InChI is InChI=1S/C19H16N2OS3/c1-12(24-10-13-6-3-2-4-7-13)17-20-18(22)16-14(11-25-19(16)21-17)15-8-5-9-23-15/h2-9,11-12H,10H2,1H3,(H,20,21,22)/t12-/m1/s1. The summed E-state index contributed by atoms with van der Waals surface area (Å²) in [7, 11) is 0. The summed E-state index contributed by atoms with van der Waals surface area (Å²) in [5.41, 5.74) is 2.22. The summed E-state index contributed by atoms with van der Waals surface area (Å²) in [6.07, 6.45) is 0. The zero-order valence-corrected chi connectivity index (χ0v) is 16.0. The summed E-state index contributed by atoms with van der Waals surface area (Å²) in [6.45, 7) is 2.09. The van der Waals surface area contributed by atoms with Crippen LogP contribution in [0.4, 0.5) is 0 Å². The summed E-state index contributed by atoms with van der Waals surface area (Å²) in [6, 6.07) is 14.4. The third-order valence-electron chi connectivity index (χ3n) is 3.98. The molecule has 6 heteroatoms. The molecule has 3 aromatic heterocycles. The summed E-state index contributed by atoms with van der Waals surface area (Å²) >= 11 is 4.96. The lowest BCUT2D eigenvalue weighted by molar-refractivity contribution is 0.925. The Labute approximate surface area is 157 Å². The Morgan fingerprint density at radius 1 is 1.16 bits per heavy atom. The van der Waals surface area contributed by atoms with Gasteiger partial charge >= 0.3 is 0 Å². The number of H-pyrrole nitrogens is 1. The summed E-state index contributed by atoms with van der Waals surface area (Å²) in [5, 5.41) is 4.89. The average Bonchev–Trinajstić information content (AvgIpc) is 3.29. The van der Waals surface area contributed by atoms with E-state index in [0.717, 1.165) is 26.8 Å². The predicted octanol–water partition coefficient (Wildman–Crippen LogP) is 5.71. The smallest absolute Gasteiger partial charge is 0.260 e. The highest BCUT2D eigenvalue weighted by molar-refractivity contribution is 7.98. The monoisotopic (exact) mass is 384 g/mol. The molecule has 0 saturated carbocycles. The van der Waals surface area contributed by atoms with Crippen molar-refractivity contribution in [1.82, 2.24) is 9.97 Å². The van der Waals surface area contributed by atoms with Crippen LogP contribution < -0.4 is 5.56 Å². The maximum Gasteiger partial charge on any atom is 0.260 e. The number of thiophene rings is 2. The third-order valence-corrected chi connectivity index (χ3v) is 6.98. The second-order valence-electron chi connectivity index (χ2n) is 5.70. The maximum absolute atomic E-state index is 12.7. The van der Waals surface area contributed by atoms with Gasteiger partial charge in [-0.2, -0.15) is 0 Å². The van der Waals surface area contributed by atoms with E-state index in [1.807, 2.05) is 41.1 Å². The topological polar surface area (TPSA) is 45.8 Å². The molecule has 0 amide bonds. The van der Waals surface area contributed by atoms with Gasteiger partial charge in [-0.3, -0.25) is 4.79 Å². The molecule has 1 atom stereocenters. The fourth-order valence-corrected chi connectivity index (χ4v) is 5.32. The van der Waals surface area contributed by atoms with Crippen molar-refractivity contribution >= 4 is 44.7 Å². The largest absolute Gasteiger partial charge is 0.309 e. The van der Waals surface area contributed by atoms with Crippen LogP contribution in [0.3, 0.4) is 0 Å². The Morgan fingerprint density at radius 3 is 2.76 bits per heavy atom. The zero-order valence-electron chi connectivity index (χ0n) is 13.6. The molecule has 0 bridgehead atoms. The molecule has 0 radical (unpaired) electrons. The molecule has 4 rings (SSSR count). The van der Waals surface area contributed by atoms with Crippen LogP contribution >= 0.6 is 34.4 Å². The van der Waals surface area contributed by atoms with E-state index < -0.39 is 0 Å². The highest BCUT2D eigenvalue weighted by Crippen LogP contribution is 2.35. The van der Waals surface area contributed by atoms with E-state index in [9.17, 15) is 4.79 Å². The highest BCUT2D eigenvalue weighted by atomic mass is 32.2. The molecule has 0 fully saturated rings. The number of aromatic amines is 1. The third kappa shape index (κ3) is 3.42. The van der Waals surface area contributed by atoms with Crippen LogP contribution in [0.5, 0.6) is 0 Å². The predicted molar refractivity (Wildman–Crippen MR) is 110 cm³/mol. The van der Waals surface area contributed by atoms with Crippen molar-refractivity contribution in [2.75, 3.05) is 0 Å². The first-order valence-electron chi connectivity index (χ1n) is 7.93. The first-order valence-corrected chi connectivity index (χ1v) is 10.7. The molecule has 126 valence electrons. The van der Waals surface area contributed by atoms with Gasteiger partial charge in [-0.25, -0.2) is 4.98 Å². The molecule has 0 aliphatic rings. The first kappa shape index (κ1) is 16.6. The quantitative estimate of drug-likeness (QED) is 0.479. The Bertz CT molecular complexity index is 1040. The normalized spacial score (nSPS) is 12.5. The van der Waals surface area contributed by atoms with Crippen molar-refractivity contribution < 1.29 is 0 Å². The van der Waals surface area contributed by atoms with Gasteiger partial charge in [0.2, 0.25) is 0 Å². The van der Waals surface area contributed by atoms with Crippen LogP contribution in [0.2, 0.25) is 0 Å². The molecular weight excluding hydrogens is 368 g/mol. The summed E-state index contributed by atoms with van der Waals surface area (Å²) in [4.78, 5) is 22.3. The lowest BCUT2D eigenvalue weighted by Gasteiger charge is -2.10. The Morgan fingerprint density at radius 2 is 2.00 bits per heavy atom. The molecule has 3 nitrogen and oxygen atoms in total. The van der Waals surface area contributed by atoms with Gasteiger partial charge in [0.25, 0.3) is 5.56 Å². The van der Waals surface area contributed by atoms with Crippen LogP contribution in [-0.2, 0) is 5.75 Å². The fourth-order valence-electron chi connectivity index (χ4n) is 2.65. The molecule has 3 heterocycles. The van der Waals surface area contributed by atoms with Gasteiger partial charge in [0, 0.05) is 21.6 Å². The molecule has 25 heavy (non-hydrogen) atoms. The van der Waals surface area contributed by atoms with E-state index >= 15 is 0 Å². The molecule has 0 aliphatic carbocycles. The average molecular weight is 385 g/mol. The highest BCUT2D eigenvalue weighted by Gasteiger charge is 2.16. The molecule has 1 aromatic carbocycles. The number of nitrogens with one attached hydrogen (secondary N) is 1. The molecule has 0 spiro atoms. The maximum atomic E-state index is 12.7. The Balaban J connectivity index is 1.62. The van der Waals surface area contributed by atoms with Crippen LogP contribution in [0.15, 0.2) is 58.0 Å². The SMILES string of the molecule is C[C@@H](SCc1ccccc1)c1nc2scc(-c3cccs3)c2c(=O)[nH]1. The second kappa shape index (κ2) is 7.15. The van der Waals surface area contributed by atoms with Crippen LogP contribution in [0, 0.1) is 0 Å². The van der Waals surface area contributed by atoms with Crippen molar-refractivity contribution in [2.24, 2.45) is 0 Å². The number of fused-ring (bicyclic) bond motifs is 1. The van der Waals surface area contributed by atoms with Crippen molar-refractivity contribution in [3.05, 3.63) is 75.0 Å². The first-order chi connectivity index (χ1) is 12.2. The van der Waals surface area contributed by atoms with Gasteiger partial charge in [-0.15, -0.1) is 34.4 Å². The molecule has 0 unspecified atom stereocenters. The molecular formula is C19H16N2OS3. The van der Waals surface area contributed by atoms with Gasteiger partial charge in [0.1, 0.15) is 10.7 Å². The van der Waals surface area contributed by atoms with Gasteiger partial charge in [-0.05, 0) is 23.9 Å². The molecule has 0 aliphatic heterocycles. The fraction of sp³-hybridized carbons (Fsp3) is 0.158.